The highest BCUT2D eigenvalue weighted by Crippen LogP contribution is 2.35. The highest BCUT2D eigenvalue weighted by molar-refractivity contribution is 8.16. The zero-order chi connectivity index (χ0) is 17.2. The van der Waals surface area contributed by atoms with E-state index in [1.165, 1.54) is 11.3 Å². The van der Waals surface area contributed by atoms with Gasteiger partial charge in [0.25, 0.3) is 0 Å². The Kier molecular flexibility index (Phi) is 4.32. The number of anilines is 1. The number of nitrogens with one attached hydrogen (secondary N) is 1. The second-order valence-electron chi connectivity index (χ2n) is 6.22. The molecule has 126 valence electrons. The lowest BCUT2D eigenvalue weighted by atomic mass is 10.1. The minimum Gasteiger partial charge on any atom is -0.326 e. The Balaban J connectivity index is 1.40. The lowest BCUT2D eigenvalue weighted by molar-refractivity contribution is -0.115. The van der Waals surface area contributed by atoms with Crippen LogP contribution in [0, 0.1) is 6.92 Å². The quantitative estimate of drug-likeness (QED) is 0.911. The highest BCUT2D eigenvalue weighted by atomic mass is 32.2. The van der Waals surface area contributed by atoms with Crippen LogP contribution >= 0.6 is 11.8 Å². The monoisotopic (exact) mass is 349 g/mol. The van der Waals surface area contributed by atoms with E-state index in [2.05, 4.69) is 32.7 Å². The summed E-state index contributed by atoms with van der Waals surface area (Å²) in [6.45, 7) is 3.86. The summed E-state index contributed by atoms with van der Waals surface area (Å²) in [5.41, 5.74) is 5.39. The average Bonchev–Trinajstić information content (AvgIpc) is 3.21. The van der Waals surface area contributed by atoms with Gasteiger partial charge in [0.05, 0.1) is 18.7 Å². The summed E-state index contributed by atoms with van der Waals surface area (Å²) in [5.74, 6) is 0.00111. The Hall–Kier alpha value is -2.53. The molecule has 5 heteroatoms. The second-order valence-corrected chi connectivity index (χ2v) is 7.06. The summed E-state index contributed by atoms with van der Waals surface area (Å²) in [4.78, 5) is 18.9. The van der Waals surface area contributed by atoms with Crippen LogP contribution in [0.1, 0.15) is 16.7 Å². The van der Waals surface area contributed by atoms with Crippen molar-refractivity contribution in [2.45, 2.75) is 13.3 Å². The first-order valence-corrected chi connectivity index (χ1v) is 9.22. The van der Waals surface area contributed by atoms with Crippen molar-refractivity contribution in [1.82, 2.24) is 4.90 Å². The zero-order valence-corrected chi connectivity index (χ0v) is 14.8. The van der Waals surface area contributed by atoms with Crippen molar-refractivity contribution in [3.8, 4) is 0 Å². The molecule has 0 unspecified atom stereocenters. The number of aryl methyl sites for hydroxylation is 1. The number of rotatable bonds is 4. The van der Waals surface area contributed by atoms with Crippen LogP contribution in [-0.2, 0) is 11.2 Å². The maximum absolute atomic E-state index is 12.2. The molecule has 0 atom stereocenters. The summed E-state index contributed by atoms with van der Waals surface area (Å²) in [5, 5.41) is 6.20. The Bertz CT molecular complexity index is 854. The van der Waals surface area contributed by atoms with Crippen molar-refractivity contribution >= 4 is 34.2 Å². The maximum Gasteiger partial charge on any atom is 0.228 e. The predicted molar refractivity (Wildman–Crippen MR) is 105 cm³/mol. The number of carbonyl (C=O) groups excluding carboxylic acids is 1. The molecule has 2 heterocycles. The van der Waals surface area contributed by atoms with Gasteiger partial charge in [0.1, 0.15) is 0 Å². The highest BCUT2D eigenvalue weighted by Gasteiger charge is 2.26. The van der Waals surface area contributed by atoms with Crippen molar-refractivity contribution < 1.29 is 4.79 Å². The van der Waals surface area contributed by atoms with E-state index >= 15 is 0 Å². The van der Waals surface area contributed by atoms with Crippen molar-refractivity contribution in [3.05, 3.63) is 70.6 Å². The van der Waals surface area contributed by atoms with E-state index in [1.807, 2.05) is 43.3 Å². The number of hydrogen-bond acceptors (Lipinski definition) is 4. The van der Waals surface area contributed by atoms with Crippen molar-refractivity contribution in [1.29, 1.82) is 0 Å². The molecule has 2 aliphatic rings. The minimum atomic E-state index is 0.00111. The Labute approximate surface area is 151 Å². The van der Waals surface area contributed by atoms with E-state index in [1.54, 1.807) is 11.8 Å². The van der Waals surface area contributed by atoms with Gasteiger partial charge in [0.15, 0.2) is 5.17 Å². The van der Waals surface area contributed by atoms with Gasteiger partial charge in [-0.25, -0.2) is 0 Å². The summed E-state index contributed by atoms with van der Waals surface area (Å²) >= 11 is 1.68. The van der Waals surface area contributed by atoms with Crippen LogP contribution in [0.5, 0.6) is 0 Å². The molecular weight excluding hydrogens is 330 g/mol. The molecule has 0 fully saturated rings. The topological polar surface area (TPSA) is 44.7 Å². The molecule has 0 saturated heterocycles. The lowest BCUT2D eigenvalue weighted by Gasteiger charge is -2.16. The SMILES string of the molecule is Cc1ccc(CC(=O)Nc2ccc(C3=CSC4=NCCN34)cc2)cc1. The third kappa shape index (κ3) is 3.46. The standard InChI is InChI=1S/C20H19N3OS/c1-14-2-4-15(5-3-14)12-19(24)22-17-8-6-16(7-9-17)18-13-25-20-21-10-11-23(18)20/h2-9,13H,10-12H2,1H3,(H,22,24). The van der Waals surface area contributed by atoms with Crippen molar-refractivity contribution in [2.24, 2.45) is 4.99 Å². The van der Waals surface area contributed by atoms with Crippen LogP contribution in [0.3, 0.4) is 0 Å². The van der Waals surface area contributed by atoms with Gasteiger partial charge in [-0.15, -0.1) is 0 Å². The number of amides is 1. The van der Waals surface area contributed by atoms with Gasteiger partial charge in [-0.3, -0.25) is 9.79 Å². The number of benzene rings is 2. The molecule has 0 aliphatic carbocycles. The lowest BCUT2D eigenvalue weighted by Crippen LogP contribution is -2.19. The van der Waals surface area contributed by atoms with Crippen molar-refractivity contribution in [2.75, 3.05) is 18.4 Å². The molecule has 1 N–H and O–H groups in total. The minimum absolute atomic E-state index is 0.00111. The fraction of sp³-hybridized carbons (Fsp3) is 0.200. The van der Waals surface area contributed by atoms with Crippen LogP contribution in [0.4, 0.5) is 5.69 Å². The third-order valence-corrected chi connectivity index (χ3v) is 5.22. The van der Waals surface area contributed by atoms with E-state index in [0.29, 0.717) is 6.42 Å². The first-order chi connectivity index (χ1) is 12.2. The Morgan fingerprint density at radius 1 is 1.16 bits per heavy atom. The van der Waals surface area contributed by atoms with Gasteiger partial charge in [0.2, 0.25) is 5.91 Å². The normalized spacial score (nSPS) is 15.6. The second kappa shape index (κ2) is 6.76. The van der Waals surface area contributed by atoms with E-state index in [-0.39, 0.29) is 5.91 Å². The molecule has 0 bridgehead atoms. The fourth-order valence-corrected chi connectivity index (χ4v) is 3.93. The van der Waals surface area contributed by atoms with E-state index in [0.717, 1.165) is 35.1 Å². The van der Waals surface area contributed by atoms with Gasteiger partial charge in [0, 0.05) is 17.6 Å². The molecule has 0 spiro atoms. The number of aliphatic imine (C=N–C) groups is 1. The number of amidine groups is 1. The average molecular weight is 349 g/mol. The van der Waals surface area contributed by atoms with Crippen molar-refractivity contribution in [3.63, 3.8) is 0 Å². The summed E-state index contributed by atoms with van der Waals surface area (Å²) in [6.07, 6.45) is 0.386. The van der Waals surface area contributed by atoms with E-state index < -0.39 is 0 Å². The molecule has 25 heavy (non-hydrogen) atoms. The Morgan fingerprint density at radius 3 is 2.68 bits per heavy atom. The molecule has 2 aromatic carbocycles. The first-order valence-electron chi connectivity index (χ1n) is 8.34. The van der Waals surface area contributed by atoms with E-state index in [9.17, 15) is 4.79 Å². The van der Waals surface area contributed by atoms with E-state index in [4.69, 9.17) is 0 Å². The molecule has 4 nitrogen and oxygen atoms in total. The third-order valence-electron chi connectivity index (χ3n) is 4.32. The molecular formula is C20H19N3OS. The number of carbonyl (C=O) groups is 1. The Morgan fingerprint density at radius 2 is 1.92 bits per heavy atom. The van der Waals surface area contributed by atoms with Gasteiger partial charge < -0.3 is 10.2 Å². The van der Waals surface area contributed by atoms with Crippen LogP contribution in [-0.4, -0.2) is 29.1 Å². The van der Waals surface area contributed by atoms with Crippen LogP contribution < -0.4 is 5.32 Å². The van der Waals surface area contributed by atoms with Crippen LogP contribution in [0.25, 0.3) is 5.70 Å². The number of nitrogens with zero attached hydrogens (tertiary/aromatic N) is 2. The molecule has 2 aliphatic heterocycles. The van der Waals surface area contributed by atoms with Gasteiger partial charge in [-0.1, -0.05) is 53.7 Å². The molecule has 0 saturated carbocycles. The summed E-state index contributed by atoms with van der Waals surface area (Å²) in [7, 11) is 0. The predicted octanol–water partition coefficient (Wildman–Crippen LogP) is 3.89. The zero-order valence-electron chi connectivity index (χ0n) is 14.0. The molecule has 2 aromatic rings. The molecule has 0 aromatic heterocycles. The van der Waals surface area contributed by atoms with Crippen LogP contribution in [0.15, 0.2) is 58.9 Å². The largest absolute Gasteiger partial charge is 0.326 e. The smallest absolute Gasteiger partial charge is 0.228 e. The summed E-state index contributed by atoms with van der Waals surface area (Å²) < 4.78 is 0. The molecule has 1 amide bonds. The number of fused-ring (bicyclic) bond motifs is 1. The van der Waals surface area contributed by atoms with Gasteiger partial charge in [-0.2, -0.15) is 0 Å². The number of hydrogen-bond donors (Lipinski definition) is 1. The van der Waals surface area contributed by atoms with Crippen LogP contribution in [0.2, 0.25) is 0 Å². The fourth-order valence-electron chi connectivity index (χ4n) is 2.97. The first kappa shape index (κ1) is 16.0. The summed E-state index contributed by atoms with van der Waals surface area (Å²) in [6, 6.07) is 16.1. The van der Waals surface area contributed by atoms with Gasteiger partial charge >= 0.3 is 0 Å². The van der Waals surface area contributed by atoms with Gasteiger partial charge in [-0.05, 0) is 30.2 Å². The molecule has 4 rings (SSSR count). The maximum atomic E-state index is 12.2. The number of thioether (sulfide) groups is 1. The molecule has 0 radical (unpaired) electrons.